The Morgan fingerprint density at radius 3 is 2.61 bits per heavy atom. The summed E-state index contributed by atoms with van der Waals surface area (Å²) in [6.07, 6.45) is 1.23. The second-order valence-electron chi connectivity index (χ2n) is 5.83. The maximum Gasteiger partial charge on any atom is 0.407 e. The fraction of sp³-hybridized carbons (Fsp3) is 0.529. The quantitative estimate of drug-likeness (QED) is 0.680. The summed E-state index contributed by atoms with van der Waals surface area (Å²) in [5.74, 6) is -0.436. The monoisotopic (exact) mass is 320 g/mol. The Hall–Kier alpha value is -2.08. The first kappa shape index (κ1) is 17.3. The van der Waals surface area contributed by atoms with Crippen molar-refractivity contribution in [2.45, 2.75) is 57.4 Å². The minimum atomic E-state index is -1.26. The number of hydrogen-bond donors (Lipinski definition) is 3. The van der Waals surface area contributed by atoms with Gasteiger partial charge in [0.15, 0.2) is 6.10 Å². The van der Waals surface area contributed by atoms with Crippen LogP contribution in [0.3, 0.4) is 0 Å². The molecular formula is C17H24N2O4. The topological polar surface area (TPSA) is 87.7 Å². The van der Waals surface area contributed by atoms with E-state index in [1.165, 1.54) is 0 Å². The summed E-state index contributed by atoms with van der Waals surface area (Å²) in [6, 6.07) is 8.84. The zero-order valence-corrected chi connectivity index (χ0v) is 13.3. The Morgan fingerprint density at radius 2 is 2.00 bits per heavy atom. The molecule has 1 aromatic carbocycles. The van der Waals surface area contributed by atoms with E-state index in [1.54, 1.807) is 0 Å². The van der Waals surface area contributed by atoms with Crippen LogP contribution in [0.15, 0.2) is 30.3 Å². The third-order valence-corrected chi connectivity index (χ3v) is 3.69. The maximum absolute atomic E-state index is 11.9. The molecule has 6 heteroatoms. The lowest BCUT2D eigenvalue weighted by atomic mass is 10.1. The molecule has 1 saturated carbocycles. The van der Waals surface area contributed by atoms with Gasteiger partial charge in [-0.25, -0.2) is 4.79 Å². The molecule has 0 bridgehead atoms. The van der Waals surface area contributed by atoms with E-state index in [0.717, 1.165) is 24.8 Å². The van der Waals surface area contributed by atoms with Crippen molar-refractivity contribution >= 4 is 12.0 Å². The molecule has 126 valence electrons. The smallest absolute Gasteiger partial charge is 0.407 e. The van der Waals surface area contributed by atoms with Gasteiger partial charge in [-0.2, -0.15) is 0 Å². The summed E-state index contributed by atoms with van der Waals surface area (Å²) >= 11 is 0. The van der Waals surface area contributed by atoms with E-state index in [1.807, 2.05) is 37.3 Å². The minimum Gasteiger partial charge on any atom is -0.445 e. The Morgan fingerprint density at radius 1 is 1.30 bits per heavy atom. The molecule has 1 aliphatic carbocycles. The molecule has 2 amide bonds. The summed E-state index contributed by atoms with van der Waals surface area (Å²) in [7, 11) is 0. The number of alkyl carbamates (subject to hydrolysis) is 1. The molecule has 1 aliphatic rings. The average molecular weight is 320 g/mol. The number of aliphatic hydroxyl groups excluding tert-OH is 1. The Balaban J connectivity index is 1.81. The van der Waals surface area contributed by atoms with Crippen LogP contribution in [0.5, 0.6) is 0 Å². The predicted octanol–water partition coefficient (Wildman–Crippen LogP) is 1.72. The van der Waals surface area contributed by atoms with Crippen molar-refractivity contribution in [2.75, 3.05) is 0 Å². The fourth-order valence-electron chi connectivity index (χ4n) is 2.23. The zero-order chi connectivity index (χ0) is 16.7. The first-order valence-electron chi connectivity index (χ1n) is 8.05. The van der Waals surface area contributed by atoms with Crippen molar-refractivity contribution in [3.63, 3.8) is 0 Å². The van der Waals surface area contributed by atoms with Gasteiger partial charge in [0.2, 0.25) is 0 Å². The summed E-state index contributed by atoms with van der Waals surface area (Å²) in [6.45, 7) is 2.07. The van der Waals surface area contributed by atoms with Crippen LogP contribution in [0.2, 0.25) is 0 Å². The van der Waals surface area contributed by atoms with Crippen molar-refractivity contribution in [1.82, 2.24) is 10.6 Å². The van der Waals surface area contributed by atoms with Crippen LogP contribution >= 0.6 is 0 Å². The molecule has 0 radical (unpaired) electrons. The molecule has 23 heavy (non-hydrogen) atoms. The number of carbonyl (C=O) groups is 2. The van der Waals surface area contributed by atoms with Gasteiger partial charge in [0.25, 0.3) is 5.91 Å². The van der Waals surface area contributed by atoms with Crippen LogP contribution in [0.4, 0.5) is 4.79 Å². The van der Waals surface area contributed by atoms with E-state index >= 15 is 0 Å². The molecule has 0 aliphatic heterocycles. The molecule has 2 atom stereocenters. The molecule has 0 saturated heterocycles. The molecule has 1 aromatic rings. The van der Waals surface area contributed by atoms with Gasteiger partial charge < -0.3 is 20.5 Å². The van der Waals surface area contributed by atoms with Crippen molar-refractivity contribution in [3.05, 3.63) is 35.9 Å². The van der Waals surface area contributed by atoms with Crippen molar-refractivity contribution in [1.29, 1.82) is 0 Å². The second kappa shape index (κ2) is 8.53. The van der Waals surface area contributed by atoms with Crippen LogP contribution in [0.25, 0.3) is 0 Å². The standard InChI is InChI=1S/C17H24N2O4/c1-2-6-14(15(20)16(21)18-13-9-10-13)19-17(22)23-11-12-7-4-3-5-8-12/h3-5,7-8,13-15,20H,2,6,9-11H2,1H3,(H,18,21)(H,19,22)/t14-,15?/m1/s1. The molecular weight excluding hydrogens is 296 g/mol. The Kier molecular flexibility index (Phi) is 6.40. The van der Waals surface area contributed by atoms with Crippen molar-refractivity contribution < 1.29 is 19.4 Å². The molecule has 0 heterocycles. The second-order valence-corrected chi connectivity index (χ2v) is 5.83. The van der Waals surface area contributed by atoms with E-state index in [4.69, 9.17) is 4.74 Å². The number of ether oxygens (including phenoxy) is 1. The van der Waals surface area contributed by atoms with Crippen molar-refractivity contribution in [2.24, 2.45) is 0 Å². The van der Waals surface area contributed by atoms with E-state index in [9.17, 15) is 14.7 Å². The number of amides is 2. The number of aliphatic hydroxyl groups is 1. The van der Waals surface area contributed by atoms with E-state index in [0.29, 0.717) is 6.42 Å². The zero-order valence-electron chi connectivity index (χ0n) is 13.3. The number of rotatable bonds is 8. The van der Waals surface area contributed by atoms with Gasteiger partial charge in [0, 0.05) is 6.04 Å². The lowest BCUT2D eigenvalue weighted by Crippen LogP contribution is -2.51. The van der Waals surface area contributed by atoms with Gasteiger partial charge in [0.05, 0.1) is 6.04 Å². The number of hydrogen-bond acceptors (Lipinski definition) is 4. The molecule has 1 fully saturated rings. The van der Waals surface area contributed by atoms with Crippen molar-refractivity contribution in [3.8, 4) is 0 Å². The van der Waals surface area contributed by atoms with Gasteiger partial charge in [-0.05, 0) is 24.8 Å². The highest BCUT2D eigenvalue weighted by Gasteiger charge is 2.31. The molecule has 3 N–H and O–H groups in total. The third-order valence-electron chi connectivity index (χ3n) is 3.69. The molecule has 1 unspecified atom stereocenters. The lowest BCUT2D eigenvalue weighted by Gasteiger charge is -2.23. The Labute approximate surface area is 136 Å². The van der Waals surface area contributed by atoms with Gasteiger partial charge in [0.1, 0.15) is 6.61 Å². The summed E-state index contributed by atoms with van der Waals surface area (Å²) in [5, 5.41) is 15.5. The summed E-state index contributed by atoms with van der Waals surface area (Å²) in [4.78, 5) is 23.8. The van der Waals surface area contributed by atoms with E-state index in [-0.39, 0.29) is 12.6 Å². The van der Waals surface area contributed by atoms with Crippen LogP contribution in [0.1, 0.15) is 38.2 Å². The first-order chi connectivity index (χ1) is 11.1. The molecule has 2 rings (SSSR count). The SMILES string of the molecule is CCC[C@@H](NC(=O)OCc1ccccc1)C(O)C(=O)NC1CC1. The normalized spacial score (nSPS) is 16.3. The molecule has 0 aromatic heterocycles. The third kappa shape index (κ3) is 5.90. The highest BCUT2D eigenvalue weighted by atomic mass is 16.5. The highest BCUT2D eigenvalue weighted by molar-refractivity contribution is 5.82. The van der Waals surface area contributed by atoms with Crippen LogP contribution in [-0.2, 0) is 16.1 Å². The lowest BCUT2D eigenvalue weighted by molar-refractivity contribution is -0.130. The van der Waals surface area contributed by atoms with Gasteiger partial charge >= 0.3 is 6.09 Å². The minimum absolute atomic E-state index is 0.149. The van der Waals surface area contributed by atoms with Gasteiger partial charge in [-0.15, -0.1) is 0 Å². The summed E-state index contributed by atoms with van der Waals surface area (Å²) < 4.78 is 5.14. The van der Waals surface area contributed by atoms with Crippen LogP contribution < -0.4 is 10.6 Å². The number of nitrogens with one attached hydrogen (secondary N) is 2. The number of benzene rings is 1. The largest absolute Gasteiger partial charge is 0.445 e. The Bertz CT molecular complexity index is 517. The van der Waals surface area contributed by atoms with E-state index in [2.05, 4.69) is 10.6 Å². The van der Waals surface area contributed by atoms with E-state index < -0.39 is 24.1 Å². The predicted molar refractivity (Wildman–Crippen MR) is 85.6 cm³/mol. The fourth-order valence-corrected chi connectivity index (χ4v) is 2.23. The molecule has 0 spiro atoms. The maximum atomic E-state index is 11.9. The number of carbonyl (C=O) groups excluding carboxylic acids is 2. The average Bonchev–Trinajstić information content (AvgIpc) is 3.36. The van der Waals surface area contributed by atoms with Crippen LogP contribution in [-0.4, -0.2) is 35.3 Å². The van der Waals surface area contributed by atoms with Crippen LogP contribution in [0, 0.1) is 0 Å². The summed E-state index contributed by atoms with van der Waals surface area (Å²) in [5.41, 5.74) is 0.877. The van der Waals surface area contributed by atoms with Gasteiger partial charge in [-0.1, -0.05) is 43.7 Å². The first-order valence-corrected chi connectivity index (χ1v) is 8.05. The molecule has 6 nitrogen and oxygen atoms in total. The highest BCUT2D eigenvalue weighted by Crippen LogP contribution is 2.19. The van der Waals surface area contributed by atoms with Gasteiger partial charge in [-0.3, -0.25) is 4.79 Å².